The number of piperidine rings is 1. The van der Waals surface area contributed by atoms with E-state index < -0.39 is 0 Å². The standard InChI is InChI=1S/C19H22N2O3/c1-14-7-10-20-19(18(14)21-11-8-16(22)9-12-21)24-13-15-3-5-17(23-2)6-4-15/h3-7,10H,8-9,11-13H2,1-2H3. The Bertz CT molecular complexity index is 703. The maximum absolute atomic E-state index is 11.5. The van der Waals surface area contributed by atoms with E-state index in [1.807, 2.05) is 37.3 Å². The van der Waals surface area contributed by atoms with Gasteiger partial charge in [-0.1, -0.05) is 12.1 Å². The molecule has 0 spiro atoms. The van der Waals surface area contributed by atoms with Crippen molar-refractivity contribution in [3.8, 4) is 11.6 Å². The maximum Gasteiger partial charge on any atom is 0.238 e. The Morgan fingerprint density at radius 1 is 1.12 bits per heavy atom. The number of rotatable bonds is 5. The molecule has 0 unspecified atom stereocenters. The minimum atomic E-state index is 0.327. The predicted molar refractivity (Wildman–Crippen MR) is 92.8 cm³/mol. The Labute approximate surface area is 142 Å². The van der Waals surface area contributed by atoms with E-state index in [0.29, 0.717) is 31.1 Å². The molecule has 1 aromatic carbocycles. The van der Waals surface area contributed by atoms with Gasteiger partial charge in [-0.15, -0.1) is 0 Å². The highest BCUT2D eigenvalue weighted by atomic mass is 16.5. The molecule has 2 aromatic rings. The van der Waals surface area contributed by atoms with Crippen molar-refractivity contribution in [3.05, 3.63) is 47.7 Å². The molecule has 1 aliphatic heterocycles. The first-order valence-electron chi connectivity index (χ1n) is 8.15. The molecule has 0 aliphatic carbocycles. The van der Waals surface area contributed by atoms with Gasteiger partial charge >= 0.3 is 0 Å². The lowest BCUT2D eigenvalue weighted by atomic mass is 10.1. The molecule has 0 amide bonds. The van der Waals surface area contributed by atoms with Crippen LogP contribution < -0.4 is 14.4 Å². The van der Waals surface area contributed by atoms with Gasteiger partial charge in [-0.25, -0.2) is 4.98 Å². The molecule has 126 valence electrons. The van der Waals surface area contributed by atoms with Gasteiger partial charge in [0.05, 0.1) is 7.11 Å². The van der Waals surface area contributed by atoms with Crippen molar-refractivity contribution < 1.29 is 14.3 Å². The van der Waals surface area contributed by atoms with Gasteiger partial charge in [-0.2, -0.15) is 0 Å². The Hall–Kier alpha value is -2.56. The number of hydrogen-bond donors (Lipinski definition) is 0. The molecule has 5 heteroatoms. The van der Waals surface area contributed by atoms with Crippen molar-refractivity contribution in [2.45, 2.75) is 26.4 Å². The van der Waals surface area contributed by atoms with Gasteiger partial charge in [0, 0.05) is 32.1 Å². The van der Waals surface area contributed by atoms with Gasteiger partial charge in [0.25, 0.3) is 0 Å². The molecule has 24 heavy (non-hydrogen) atoms. The van der Waals surface area contributed by atoms with Crippen molar-refractivity contribution in [2.24, 2.45) is 0 Å². The molecule has 1 aliphatic rings. The Balaban J connectivity index is 1.75. The normalized spacial score (nSPS) is 14.6. The summed E-state index contributed by atoms with van der Waals surface area (Å²) in [5.74, 6) is 1.78. The Morgan fingerprint density at radius 2 is 1.83 bits per heavy atom. The number of hydrogen-bond acceptors (Lipinski definition) is 5. The van der Waals surface area contributed by atoms with E-state index in [-0.39, 0.29) is 0 Å². The van der Waals surface area contributed by atoms with Gasteiger partial charge < -0.3 is 14.4 Å². The van der Waals surface area contributed by atoms with Crippen LogP contribution in [0.1, 0.15) is 24.0 Å². The molecule has 0 radical (unpaired) electrons. The van der Waals surface area contributed by atoms with Crippen LogP contribution in [0.15, 0.2) is 36.5 Å². The second kappa shape index (κ2) is 7.34. The molecular formula is C19H22N2O3. The summed E-state index contributed by atoms with van der Waals surface area (Å²) in [6, 6.07) is 9.77. The van der Waals surface area contributed by atoms with E-state index in [1.165, 1.54) is 0 Å². The summed E-state index contributed by atoms with van der Waals surface area (Å²) >= 11 is 0. The topological polar surface area (TPSA) is 51.7 Å². The summed E-state index contributed by atoms with van der Waals surface area (Å²) in [6.45, 7) is 3.95. The molecule has 1 saturated heterocycles. The van der Waals surface area contributed by atoms with E-state index in [1.54, 1.807) is 13.3 Å². The number of benzene rings is 1. The van der Waals surface area contributed by atoms with Gasteiger partial charge in [0.15, 0.2) is 0 Å². The maximum atomic E-state index is 11.5. The fourth-order valence-electron chi connectivity index (χ4n) is 2.87. The first kappa shape index (κ1) is 16.3. The SMILES string of the molecule is COc1ccc(COc2nccc(C)c2N2CCC(=O)CC2)cc1. The van der Waals surface area contributed by atoms with Crippen molar-refractivity contribution in [3.63, 3.8) is 0 Å². The molecule has 5 nitrogen and oxygen atoms in total. The first-order chi connectivity index (χ1) is 11.7. The largest absolute Gasteiger partial charge is 0.497 e. The highest BCUT2D eigenvalue weighted by Gasteiger charge is 2.21. The number of ketones is 1. The molecule has 2 heterocycles. The van der Waals surface area contributed by atoms with Crippen molar-refractivity contribution >= 4 is 11.5 Å². The summed E-state index contributed by atoms with van der Waals surface area (Å²) in [5, 5.41) is 0. The number of carbonyl (C=O) groups excluding carboxylic acids is 1. The number of Topliss-reactive ketones (excluding diaryl/α,β-unsaturated/α-hetero) is 1. The first-order valence-corrected chi connectivity index (χ1v) is 8.15. The molecule has 0 N–H and O–H groups in total. The quantitative estimate of drug-likeness (QED) is 0.845. The number of aromatic nitrogens is 1. The van der Waals surface area contributed by atoms with E-state index in [9.17, 15) is 4.79 Å². The summed E-state index contributed by atoms with van der Waals surface area (Å²) in [7, 11) is 1.65. The monoisotopic (exact) mass is 326 g/mol. The van der Waals surface area contributed by atoms with E-state index >= 15 is 0 Å². The molecule has 0 saturated carbocycles. The minimum absolute atomic E-state index is 0.327. The third-order valence-corrected chi connectivity index (χ3v) is 4.26. The van der Waals surface area contributed by atoms with E-state index in [2.05, 4.69) is 9.88 Å². The number of anilines is 1. The zero-order chi connectivity index (χ0) is 16.9. The summed E-state index contributed by atoms with van der Waals surface area (Å²) in [5.41, 5.74) is 3.17. The average Bonchev–Trinajstić information content (AvgIpc) is 2.61. The number of aryl methyl sites for hydroxylation is 1. The number of carbonyl (C=O) groups is 1. The lowest BCUT2D eigenvalue weighted by molar-refractivity contribution is -0.119. The van der Waals surface area contributed by atoms with Crippen LogP contribution in [-0.4, -0.2) is 31.0 Å². The molecular weight excluding hydrogens is 304 g/mol. The van der Waals surface area contributed by atoms with Crippen molar-refractivity contribution in [1.82, 2.24) is 4.98 Å². The summed E-state index contributed by atoms with van der Waals surface area (Å²) < 4.78 is 11.1. The van der Waals surface area contributed by atoms with Crippen LogP contribution in [0.5, 0.6) is 11.6 Å². The minimum Gasteiger partial charge on any atom is -0.497 e. The number of pyridine rings is 1. The van der Waals surface area contributed by atoms with Crippen LogP contribution in [-0.2, 0) is 11.4 Å². The van der Waals surface area contributed by atoms with Crippen LogP contribution in [0.4, 0.5) is 5.69 Å². The number of ether oxygens (including phenoxy) is 2. The van der Waals surface area contributed by atoms with Crippen LogP contribution in [0.2, 0.25) is 0 Å². The van der Waals surface area contributed by atoms with Crippen LogP contribution in [0.3, 0.4) is 0 Å². The van der Waals surface area contributed by atoms with Crippen LogP contribution in [0, 0.1) is 6.92 Å². The third-order valence-electron chi connectivity index (χ3n) is 4.26. The van der Waals surface area contributed by atoms with Gasteiger partial charge in [0.1, 0.15) is 23.8 Å². The highest BCUT2D eigenvalue weighted by molar-refractivity contribution is 5.81. The molecule has 1 aromatic heterocycles. The predicted octanol–water partition coefficient (Wildman–Crippen LogP) is 3.15. The van der Waals surface area contributed by atoms with Crippen LogP contribution in [0.25, 0.3) is 0 Å². The van der Waals surface area contributed by atoms with Crippen molar-refractivity contribution in [1.29, 1.82) is 0 Å². The molecule has 3 rings (SSSR count). The smallest absolute Gasteiger partial charge is 0.238 e. The lowest BCUT2D eigenvalue weighted by Gasteiger charge is -2.30. The van der Waals surface area contributed by atoms with Gasteiger partial charge in [-0.05, 0) is 36.2 Å². The number of nitrogens with zero attached hydrogens (tertiary/aromatic N) is 2. The molecule has 0 bridgehead atoms. The fraction of sp³-hybridized carbons (Fsp3) is 0.368. The Morgan fingerprint density at radius 3 is 2.50 bits per heavy atom. The molecule has 1 fully saturated rings. The van der Waals surface area contributed by atoms with E-state index in [0.717, 1.165) is 35.7 Å². The molecule has 0 atom stereocenters. The third kappa shape index (κ3) is 3.67. The Kier molecular flexibility index (Phi) is 4.99. The zero-order valence-electron chi connectivity index (χ0n) is 14.1. The van der Waals surface area contributed by atoms with Gasteiger partial charge in [0.2, 0.25) is 5.88 Å². The summed E-state index contributed by atoms with van der Waals surface area (Å²) in [6.07, 6.45) is 2.94. The average molecular weight is 326 g/mol. The summed E-state index contributed by atoms with van der Waals surface area (Å²) in [4.78, 5) is 18.1. The lowest BCUT2D eigenvalue weighted by Crippen LogP contribution is -2.34. The van der Waals surface area contributed by atoms with Crippen molar-refractivity contribution in [2.75, 3.05) is 25.1 Å². The zero-order valence-corrected chi connectivity index (χ0v) is 14.1. The number of methoxy groups -OCH3 is 1. The van der Waals surface area contributed by atoms with Gasteiger partial charge in [-0.3, -0.25) is 4.79 Å². The second-order valence-corrected chi connectivity index (χ2v) is 5.94. The van der Waals surface area contributed by atoms with Crippen LogP contribution >= 0.6 is 0 Å². The highest BCUT2D eigenvalue weighted by Crippen LogP contribution is 2.32. The fourth-order valence-corrected chi connectivity index (χ4v) is 2.87. The van der Waals surface area contributed by atoms with E-state index in [4.69, 9.17) is 9.47 Å². The second-order valence-electron chi connectivity index (χ2n) is 5.94.